The minimum absolute atomic E-state index is 0.300. The highest BCUT2D eigenvalue weighted by atomic mass is 16.1. The van der Waals surface area contributed by atoms with Crippen LogP contribution in [0.1, 0.15) is 16.1 Å². The zero-order valence-electron chi connectivity index (χ0n) is 10.3. The number of benzene rings is 1. The summed E-state index contributed by atoms with van der Waals surface area (Å²) in [6.45, 7) is 1.90. The molecule has 0 saturated heterocycles. The first-order chi connectivity index (χ1) is 8.47. The van der Waals surface area contributed by atoms with E-state index in [1.807, 2.05) is 14.0 Å². The number of anilines is 3. The Morgan fingerprint density at radius 2 is 2.06 bits per heavy atom. The van der Waals surface area contributed by atoms with Gasteiger partial charge in [0.15, 0.2) is 5.82 Å². The minimum atomic E-state index is -0.300. The van der Waals surface area contributed by atoms with E-state index in [4.69, 9.17) is 11.5 Å². The van der Waals surface area contributed by atoms with Gasteiger partial charge in [-0.3, -0.25) is 9.48 Å². The minimum Gasteiger partial charge on any atom is -0.399 e. The van der Waals surface area contributed by atoms with Gasteiger partial charge in [-0.1, -0.05) is 0 Å². The van der Waals surface area contributed by atoms with E-state index in [0.717, 1.165) is 5.69 Å². The molecule has 1 aromatic carbocycles. The van der Waals surface area contributed by atoms with Crippen molar-refractivity contribution in [2.75, 3.05) is 16.8 Å². The average molecular weight is 245 g/mol. The number of aryl methyl sites for hydroxylation is 2. The van der Waals surface area contributed by atoms with Gasteiger partial charge in [0.1, 0.15) is 0 Å². The van der Waals surface area contributed by atoms with Crippen LogP contribution >= 0.6 is 0 Å². The third kappa shape index (κ3) is 2.27. The van der Waals surface area contributed by atoms with Gasteiger partial charge in [-0.25, -0.2) is 0 Å². The molecule has 6 nitrogen and oxygen atoms in total. The Hall–Kier alpha value is -2.50. The van der Waals surface area contributed by atoms with E-state index in [2.05, 4.69) is 10.4 Å². The van der Waals surface area contributed by atoms with E-state index in [0.29, 0.717) is 22.8 Å². The molecule has 0 fully saturated rings. The highest BCUT2D eigenvalue weighted by Crippen LogP contribution is 2.17. The molecule has 5 N–H and O–H groups in total. The van der Waals surface area contributed by atoms with Gasteiger partial charge in [0.05, 0.1) is 5.56 Å². The van der Waals surface area contributed by atoms with Gasteiger partial charge in [-0.05, 0) is 25.1 Å². The third-order valence-electron chi connectivity index (χ3n) is 2.68. The summed E-state index contributed by atoms with van der Waals surface area (Å²) in [5.41, 5.74) is 13.5. The monoisotopic (exact) mass is 245 g/mol. The van der Waals surface area contributed by atoms with Crippen molar-refractivity contribution in [2.24, 2.45) is 7.05 Å². The number of nitrogens with two attached hydrogens (primary N) is 2. The summed E-state index contributed by atoms with van der Waals surface area (Å²) in [6, 6.07) is 6.56. The molecule has 0 radical (unpaired) electrons. The normalized spacial score (nSPS) is 10.3. The van der Waals surface area contributed by atoms with Crippen molar-refractivity contribution in [3.63, 3.8) is 0 Å². The fraction of sp³-hybridized carbons (Fsp3) is 0.167. The van der Waals surface area contributed by atoms with Gasteiger partial charge in [0.2, 0.25) is 0 Å². The van der Waals surface area contributed by atoms with Gasteiger partial charge in [0, 0.05) is 30.2 Å². The molecule has 6 heteroatoms. The molecule has 2 rings (SSSR count). The first-order valence-corrected chi connectivity index (χ1v) is 5.44. The summed E-state index contributed by atoms with van der Waals surface area (Å²) >= 11 is 0. The van der Waals surface area contributed by atoms with Crippen molar-refractivity contribution >= 4 is 23.1 Å². The first-order valence-electron chi connectivity index (χ1n) is 5.44. The third-order valence-corrected chi connectivity index (χ3v) is 2.68. The number of nitrogens with zero attached hydrogens (tertiary/aromatic N) is 2. The van der Waals surface area contributed by atoms with Crippen LogP contribution in [0.15, 0.2) is 24.3 Å². The maximum Gasteiger partial charge on any atom is 0.258 e. The number of carbonyl (C=O) groups is 1. The van der Waals surface area contributed by atoms with Crippen LogP contribution in [0.3, 0.4) is 0 Å². The Morgan fingerprint density at radius 3 is 2.61 bits per heavy atom. The van der Waals surface area contributed by atoms with E-state index >= 15 is 0 Å². The summed E-state index contributed by atoms with van der Waals surface area (Å²) in [7, 11) is 1.81. The zero-order valence-corrected chi connectivity index (χ0v) is 10.3. The quantitative estimate of drug-likeness (QED) is 0.691. The summed E-state index contributed by atoms with van der Waals surface area (Å²) in [4.78, 5) is 12.0. The van der Waals surface area contributed by atoms with Crippen LogP contribution in [0.5, 0.6) is 0 Å². The first kappa shape index (κ1) is 12.0. The van der Waals surface area contributed by atoms with Crippen molar-refractivity contribution in [3.05, 3.63) is 35.5 Å². The van der Waals surface area contributed by atoms with Gasteiger partial charge < -0.3 is 16.8 Å². The second kappa shape index (κ2) is 4.40. The van der Waals surface area contributed by atoms with Gasteiger partial charge in [-0.2, -0.15) is 5.10 Å². The molecule has 0 aliphatic rings. The van der Waals surface area contributed by atoms with E-state index in [1.165, 1.54) is 0 Å². The maximum absolute atomic E-state index is 12.0. The SMILES string of the molecule is Cc1cc(NC(=O)c2ccc(N)cc2N)nn1C. The van der Waals surface area contributed by atoms with Crippen LogP contribution in [-0.4, -0.2) is 15.7 Å². The van der Waals surface area contributed by atoms with Crippen molar-refractivity contribution in [1.82, 2.24) is 9.78 Å². The molecule has 1 heterocycles. The Balaban J connectivity index is 2.22. The Morgan fingerprint density at radius 1 is 1.33 bits per heavy atom. The fourth-order valence-electron chi connectivity index (χ4n) is 1.59. The van der Waals surface area contributed by atoms with Crippen LogP contribution in [0.25, 0.3) is 0 Å². The Kier molecular flexibility index (Phi) is 2.93. The lowest BCUT2D eigenvalue weighted by molar-refractivity contribution is 0.102. The number of nitrogen functional groups attached to an aromatic ring is 2. The number of hydrogen-bond donors (Lipinski definition) is 3. The molecular formula is C12H15N5O. The Bertz CT molecular complexity index is 583. The van der Waals surface area contributed by atoms with Crippen molar-refractivity contribution in [1.29, 1.82) is 0 Å². The predicted octanol–water partition coefficient (Wildman–Crippen LogP) is 1.15. The van der Waals surface area contributed by atoms with E-state index in [-0.39, 0.29) is 5.91 Å². The molecule has 0 unspecified atom stereocenters. The lowest BCUT2D eigenvalue weighted by Crippen LogP contribution is -2.14. The average Bonchev–Trinajstić information content (AvgIpc) is 2.57. The predicted molar refractivity (Wildman–Crippen MR) is 71.2 cm³/mol. The van der Waals surface area contributed by atoms with E-state index < -0.39 is 0 Å². The van der Waals surface area contributed by atoms with Crippen molar-refractivity contribution in [3.8, 4) is 0 Å². The molecule has 1 aromatic heterocycles. The van der Waals surface area contributed by atoms with E-state index in [1.54, 1.807) is 28.9 Å². The summed E-state index contributed by atoms with van der Waals surface area (Å²) in [6.07, 6.45) is 0. The molecule has 2 aromatic rings. The number of carbonyl (C=O) groups excluding carboxylic acids is 1. The van der Waals surface area contributed by atoms with Gasteiger partial charge >= 0.3 is 0 Å². The Labute approximate surface area is 105 Å². The molecule has 0 aliphatic heterocycles. The number of aromatic nitrogens is 2. The lowest BCUT2D eigenvalue weighted by atomic mass is 10.1. The highest BCUT2D eigenvalue weighted by Gasteiger charge is 2.11. The second-order valence-electron chi connectivity index (χ2n) is 4.10. The lowest BCUT2D eigenvalue weighted by Gasteiger charge is -2.05. The number of hydrogen-bond acceptors (Lipinski definition) is 4. The van der Waals surface area contributed by atoms with Gasteiger partial charge in [-0.15, -0.1) is 0 Å². The molecule has 18 heavy (non-hydrogen) atoms. The zero-order chi connectivity index (χ0) is 13.3. The number of amides is 1. The second-order valence-corrected chi connectivity index (χ2v) is 4.10. The van der Waals surface area contributed by atoms with Crippen molar-refractivity contribution < 1.29 is 4.79 Å². The van der Waals surface area contributed by atoms with Crippen LogP contribution < -0.4 is 16.8 Å². The molecule has 0 saturated carbocycles. The fourth-order valence-corrected chi connectivity index (χ4v) is 1.59. The topological polar surface area (TPSA) is 99.0 Å². The summed E-state index contributed by atoms with van der Waals surface area (Å²) < 4.78 is 1.68. The molecule has 0 bridgehead atoms. The summed E-state index contributed by atoms with van der Waals surface area (Å²) in [5, 5.41) is 6.83. The standard InChI is InChI=1S/C12H15N5O/c1-7-5-11(16-17(7)2)15-12(18)9-4-3-8(13)6-10(9)14/h3-6H,13-14H2,1-2H3,(H,15,16,18). The molecule has 0 aliphatic carbocycles. The van der Waals surface area contributed by atoms with Crippen molar-refractivity contribution in [2.45, 2.75) is 6.92 Å². The van der Waals surface area contributed by atoms with Crippen LogP contribution in [-0.2, 0) is 7.05 Å². The molecule has 0 atom stereocenters. The van der Waals surface area contributed by atoms with Crippen LogP contribution in [0.4, 0.5) is 17.2 Å². The largest absolute Gasteiger partial charge is 0.399 e. The van der Waals surface area contributed by atoms with Crippen LogP contribution in [0.2, 0.25) is 0 Å². The summed E-state index contributed by atoms with van der Waals surface area (Å²) in [5.74, 6) is 0.196. The molecule has 1 amide bonds. The maximum atomic E-state index is 12.0. The number of rotatable bonds is 2. The highest BCUT2D eigenvalue weighted by molar-refractivity contribution is 6.07. The van der Waals surface area contributed by atoms with Crippen LogP contribution in [0, 0.1) is 6.92 Å². The van der Waals surface area contributed by atoms with Gasteiger partial charge in [0.25, 0.3) is 5.91 Å². The number of nitrogens with one attached hydrogen (secondary N) is 1. The molecule has 94 valence electrons. The molecule has 0 spiro atoms. The van der Waals surface area contributed by atoms with E-state index in [9.17, 15) is 4.79 Å². The smallest absolute Gasteiger partial charge is 0.258 e. The molecular weight excluding hydrogens is 230 g/mol.